The van der Waals surface area contributed by atoms with Crippen molar-refractivity contribution in [3.8, 4) is 0 Å². The van der Waals surface area contributed by atoms with Crippen LogP contribution in [0.2, 0.25) is 0 Å². The van der Waals surface area contributed by atoms with Crippen molar-refractivity contribution in [1.29, 1.82) is 0 Å². The zero-order chi connectivity index (χ0) is 20.9. The number of carboxylic acids is 1. The molecular weight excluding hydrogens is 378 g/mol. The number of anilines is 2. The largest absolute Gasteiger partial charge is 0.480 e. The van der Waals surface area contributed by atoms with Crippen LogP contribution in [0, 0.1) is 0 Å². The highest BCUT2D eigenvalue weighted by Gasteiger charge is 2.29. The number of piperidine rings is 2. The van der Waals surface area contributed by atoms with Crippen LogP contribution in [-0.2, 0) is 4.79 Å². The van der Waals surface area contributed by atoms with E-state index in [0.717, 1.165) is 77.1 Å². The highest BCUT2D eigenvalue weighted by atomic mass is 16.4. The Bertz CT molecular complexity index is 689. The molecule has 1 aromatic rings. The maximum Gasteiger partial charge on any atom is 0.326 e. The number of hydrazine groups is 1. The minimum atomic E-state index is -0.704. The van der Waals surface area contributed by atoms with E-state index in [1.807, 2.05) is 0 Å². The molecule has 7 nitrogen and oxygen atoms in total. The second-order valence-electron chi connectivity index (χ2n) is 9.09. The lowest BCUT2D eigenvalue weighted by Crippen LogP contribution is -2.50. The molecule has 0 aromatic heterocycles. The predicted molar refractivity (Wildman–Crippen MR) is 121 cm³/mol. The number of aliphatic carboxylic acids is 1. The zero-order valence-corrected chi connectivity index (χ0v) is 18.3. The molecule has 7 heteroatoms. The Labute approximate surface area is 180 Å². The van der Waals surface area contributed by atoms with Crippen molar-refractivity contribution in [2.24, 2.45) is 0 Å². The van der Waals surface area contributed by atoms with Gasteiger partial charge in [0, 0.05) is 56.7 Å². The van der Waals surface area contributed by atoms with Gasteiger partial charge in [0.25, 0.3) is 0 Å². The summed E-state index contributed by atoms with van der Waals surface area (Å²) in [6, 6.07) is 8.73. The van der Waals surface area contributed by atoms with Gasteiger partial charge in [-0.05, 0) is 76.4 Å². The van der Waals surface area contributed by atoms with Crippen molar-refractivity contribution in [3.05, 3.63) is 24.3 Å². The molecule has 0 amide bonds. The van der Waals surface area contributed by atoms with Gasteiger partial charge in [0.1, 0.15) is 6.04 Å². The van der Waals surface area contributed by atoms with Crippen LogP contribution in [-0.4, -0.2) is 85.9 Å². The third-order valence-corrected chi connectivity index (χ3v) is 6.91. The SMILES string of the molecule is CN1CCCN(NC2CCN(c3ccc(N4CCCCC4C(=O)O)cc3)CC2)CC1. The number of nitrogens with zero attached hydrogens (tertiary/aromatic N) is 4. The molecule has 0 aliphatic carbocycles. The normalized spacial score (nSPS) is 25.3. The fraction of sp³-hybridized carbons (Fsp3) is 0.696. The molecule has 3 aliphatic heterocycles. The van der Waals surface area contributed by atoms with Gasteiger partial charge in [-0.3, -0.25) is 5.43 Å². The topological polar surface area (TPSA) is 62.3 Å². The molecule has 166 valence electrons. The van der Waals surface area contributed by atoms with E-state index in [4.69, 9.17) is 0 Å². The Balaban J connectivity index is 1.29. The quantitative estimate of drug-likeness (QED) is 0.765. The summed E-state index contributed by atoms with van der Waals surface area (Å²) in [7, 11) is 2.21. The Hall–Kier alpha value is -1.83. The van der Waals surface area contributed by atoms with Crippen LogP contribution in [0.4, 0.5) is 11.4 Å². The maximum absolute atomic E-state index is 11.6. The molecule has 4 rings (SSSR count). The molecular formula is C23H37N5O2. The van der Waals surface area contributed by atoms with Crippen LogP contribution in [0.1, 0.15) is 38.5 Å². The van der Waals surface area contributed by atoms with Crippen LogP contribution in [0.5, 0.6) is 0 Å². The molecule has 30 heavy (non-hydrogen) atoms. The molecule has 3 saturated heterocycles. The number of hydrogen-bond donors (Lipinski definition) is 2. The van der Waals surface area contributed by atoms with E-state index < -0.39 is 5.97 Å². The second-order valence-corrected chi connectivity index (χ2v) is 9.09. The van der Waals surface area contributed by atoms with Gasteiger partial charge in [-0.2, -0.15) is 0 Å². The monoisotopic (exact) mass is 415 g/mol. The van der Waals surface area contributed by atoms with Gasteiger partial charge in [-0.15, -0.1) is 0 Å². The lowest BCUT2D eigenvalue weighted by Gasteiger charge is -2.37. The lowest BCUT2D eigenvalue weighted by molar-refractivity contribution is -0.139. The molecule has 1 aromatic carbocycles. The highest BCUT2D eigenvalue weighted by molar-refractivity contribution is 5.78. The second kappa shape index (κ2) is 9.98. The van der Waals surface area contributed by atoms with Crippen molar-refractivity contribution in [1.82, 2.24) is 15.3 Å². The first-order valence-electron chi connectivity index (χ1n) is 11.6. The summed E-state index contributed by atoms with van der Waals surface area (Å²) in [6.07, 6.45) is 6.35. The first-order chi connectivity index (χ1) is 14.6. The van der Waals surface area contributed by atoms with Gasteiger partial charge >= 0.3 is 5.97 Å². The molecule has 2 N–H and O–H groups in total. The molecule has 0 saturated carbocycles. The molecule has 3 heterocycles. The molecule has 0 radical (unpaired) electrons. The average Bonchev–Trinajstić information content (AvgIpc) is 2.98. The summed E-state index contributed by atoms with van der Waals surface area (Å²) in [6.45, 7) is 7.53. The number of hydrogen-bond acceptors (Lipinski definition) is 6. The van der Waals surface area contributed by atoms with Gasteiger partial charge in [0.15, 0.2) is 0 Å². The van der Waals surface area contributed by atoms with Gasteiger partial charge in [0.2, 0.25) is 0 Å². The summed E-state index contributed by atoms with van der Waals surface area (Å²) >= 11 is 0. The van der Waals surface area contributed by atoms with E-state index in [2.05, 4.69) is 56.4 Å². The molecule has 1 unspecified atom stereocenters. The van der Waals surface area contributed by atoms with Gasteiger partial charge in [0.05, 0.1) is 0 Å². The van der Waals surface area contributed by atoms with Crippen molar-refractivity contribution in [2.45, 2.75) is 50.6 Å². The zero-order valence-electron chi connectivity index (χ0n) is 18.3. The van der Waals surface area contributed by atoms with E-state index in [1.54, 1.807) is 0 Å². The highest BCUT2D eigenvalue weighted by Crippen LogP contribution is 2.28. The summed E-state index contributed by atoms with van der Waals surface area (Å²) in [5, 5.41) is 12.0. The van der Waals surface area contributed by atoms with E-state index in [9.17, 15) is 9.90 Å². The Morgan fingerprint density at radius 2 is 1.60 bits per heavy atom. The van der Waals surface area contributed by atoms with E-state index in [1.165, 1.54) is 18.7 Å². The van der Waals surface area contributed by atoms with Crippen LogP contribution in [0.15, 0.2) is 24.3 Å². The van der Waals surface area contributed by atoms with Crippen LogP contribution >= 0.6 is 0 Å². The fourth-order valence-corrected chi connectivity index (χ4v) is 5.05. The predicted octanol–water partition coefficient (Wildman–Crippen LogP) is 2.24. The van der Waals surface area contributed by atoms with E-state index in [0.29, 0.717) is 6.04 Å². The maximum atomic E-state index is 11.6. The molecule has 0 bridgehead atoms. The summed E-state index contributed by atoms with van der Waals surface area (Å²) in [4.78, 5) is 18.5. The summed E-state index contributed by atoms with van der Waals surface area (Å²) < 4.78 is 0. The van der Waals surface area contributed by atoms with Crippen molar-refractivity contribution in [3.63, 3.8) is 0 Å². The minimum absolute atomic E-state index is 0.384. The number of benzene rings is 1. The molecule has 0 spiro atoms. The van der Waals surface area contributed by atoms with Crippen LogP contribution in [0.3, 0.4) is 0 Å². The molecule has 3 fully saturated rings. The first kappa shape index (κ1) is 21.4. The van der Waals surface area contributed by atoms with Crippen LogP contribution in [0.25, 0.3) is 0 Å². The first-order valence-corrected chi connectivity index (χ1v) is 11.6. The van der Waals surface area contributed by atoms with Gasteiger partial charge in [-0.25, -0.2) is 9.80 Å². The van der Waals surface area contributed by atoms with Crippen molar-refractivity contribution >= 4 is 17.3 Å². The average molecular weight is 416 g/mol. The van der Waals surface area contributed by atoms with Crippen LogP contribution < -0.4 is 15.2 Å². The van der Waals surface area contributed by atoms with Crippen molar-refractivity contribution in [2.75, 3.05) is 62.7 Å². The fourth-order valence-electron chi connectivity index (χ4n) is 5.05. The third-order valence-electron chi connectivity index (χ3n) is 6.91. The number of likely N-dealkylation sites (N-methyl/N-ethyl adjacent to an activating group) is 1. The van der Waals surface area contributed by atoms with Gasteiger partial charge < -0.3 is 19.8 Å². The Kier molecular flexibility index (Phi) is 7.12. The van der Waals surface area contributed by atoms with E-state index >= 15 is 0 Å². The van der Waals surface area contributed by atoms with E-state index in [-0.39, 0.29) is 6.04 Å². The molecule has 3 aliphatic rings. The smallest absolute Gasteiger partial charge is 0.326 e. The molecule has 1 atom stereocenters. The number of rotatable bonds is 5. The summed E-state index contributed by atoms with van der Waals surface area (Å²) in [5.74, 6) is -0.704. The van der Waals surface area contributed by atoms with Crippen molar-refractivity contribution < 1.29 is 9.90 Å². The lowest BCUT2D eigenvalue weighted by atomic mass is 10.0. The third kappa shape index (κ3) is 5.25. The Morgan fingerprint density at radius 3 is 2.33 bits per heavy atom. The van der Waals surface area contributed by atoms with Gasteiger partial charge in [-0.1, -0.05) is 0 Å². The summed E-state index contributed by atoms with van der Waals surface area (Å²) in [5.41, 5.74) is 6.06. The minimum Gasteiger partial charge on any atom is -0.480 e. The number of carbonyl (C=O) groups is 1. The number of nitrogens with one attached hydrogen (secondary N) is 1. The Morgan fingerprint density at radius 1 is 0.867 bits per heavy atom. The standard InChI is InChI=1S/C23H37N5O2/c1-25-12-4-13-27(18-17-25)24-19-10-15-26(16-11-19)20-6-8-21(9-7-20)28-14-3-2-5-22(28)23(29)30/h6-9,19,22,24H,2-5,10-18H2,1H3,(H,29,30). The number of carboxylic acid groups (broad SMARTS) is 1.